The van der Waals surface area contributed by atoms with E-state index in [2.05, 4.69) is 6.07 Å². The number of carbonyl (C=O) groups excluding carboxylic acids is 2. The van der Waals surface area contributed by atoms with E-state index in [0.29, 0.717) is 11.4 Å². The Bertz CT molecular complexity index is 945. The number of carbonyl (C=O) groups is 2. The number of benzene rings is 1. The summed E-state index contributed by atoms with van der Waals surface area (Å²) in [5.41, 5.74) is 5.31. The average molecular weight is 367 g/mol. The molecule has 0 N–H and O–H groups in total. The van der Waals surface area contributed by atoms with Crippen LogP contribution in [-0.2, 0) is 14.3 Å². The summed E-state index contributed by atoms with van der Waals surface area (Å²) in [6.45, 7) is 7.82. The average Bonchev–Trinajstić information content (AvgIpc) is 3.08. The third-order valence-corrected chi connectivity index (χ3v) is 5.39. The standard InChI is InChI=1S/C21H21NO3S/c1-12-8-13(2)10-16(9-12)22-15(4)19(21(24)25-5)20(23)17(22)11-18-14(3)6-7-26-18/h6-11H,1-5H3/b17-11+. The van der Waals surface area contributed by atoms with Crippen LogP contribution in [-0.4, -0.2) is 18.9 Å². The molecule has 4 nitrogen and oxygen atoms in total. The van der Waals surface area contributed by atoms with Crippen molar-refractivity contribution < 1.29 is 14.3 Å². The van der Waals surface area contributed by atoms with Crippen molar-refractivity contribution in [2.45, 2.75) is 27.7 Å². The van der Waals surface area contributed by atoms with Gasteiger partial charge in [0.1, 0.15) is 5.57 Å². The third-order valence-electron chi connectivity index (χ3n) is 4.42. The molecule has 1 aromatic heterocycles. The number of thiophene rings is 1. The van der Waals surface area contributed by atoms with Gasteiger partial charge < -0.3 is 9.64 Å². The summed E-state index contributed by atoms with van der Waals surface area (Å²) in [6, 6.07) is 8.12. The van der Waals surface area contributed by atoms with E-state index in [-0.39, 0.29) is 11.4 Å². The maximum absolute atomic E-state index is 13.0. The molecule has 134 valence electrons. The zero-order chi connectivity index (χ0) is 19.0. The van der Waals surface area contributed by atoms with Crippen LogP contribution in [0.15, 0.2) is 46.6 Å². The SMILES string of the molecule is COC(=O)C1=C(C)N(c2cc(C)cc(C)c2)/C(=C/c2sccc2C)C1=O. The Hall–Kier alpha value is -2.66. The number of allylic oxidation sites excluding steroid dienone is 2. The number of rotatable bonds is 3. The van der Waals surface area contributed by atoms with Crippen molar-refractivity contribution in [3.05, 3.63) is 68.2 Å². The number of methoxy groups -OCH3 is 1. The number of aryl methyl sites for hydroxylation is 3. The Kier molecular flexibility index (Phi) is 4.83. The van der Waals surface area contributed by atoms with Crippen LogP contribution in [0, 0.1) is 20.8 Å². The molecule has 0 bridgehead atoms. The molecule has 2 aromatic rings. The number of hydrogen-bond donors (Lipinski definition) is 0. The molecule has 0 aliphatic carbocycles. The van der Waals surface area contributed by atoms with Crippen LogP contribution in [0.1, 0.15) is 28.5 Å². The molecule has 0 fully saturated rings. The first kappa shape index (κ1) is 18.1. The lowest BCUT2D eigenvalue weighted by Gasteiger charge is -2.22. The largest absolute Gasteiger partial charge is 0.465 e. The fraction of sp³-hybridized carbons (Fsp3) is 0.238. The van der Waals surface area contributed by atoms with Crippen LogP contribution in [0.3, 0.4) is 0 Å². The van der Waals surface area contributed by atoms with Crippen LogP contribution >= 0.6 is 11.3 Å². The molecule has 0 saturated heterocycles. The molecule has 0 spiro atoms. The van der Waals surface area contributed by atoms with Crippen LogP contribution < -0.4 is 4.90 Å². The second-order valence-electron chi connectivity index (χ2n) is 6.46. The van der Waals surface area contributed by atoms with E-state index in [1.54, 1.807) is 18.3 Å². The number of Topliss-reactive ketones (excluding diaryl/α,β-unsaturated/α-hetero) is 1. The number of ether oxygens (including phenoxy) is 1. The van der Waals surface area contributed by atoms with Gasteiger partial charge >= 0.3 is 5.97 Å². The van der Waals surface area contributed by atoms with E-state index in [0.717, 1.165) is 27.3 Å². The Balaban J connectivity index is 2.22. The van der Waals surface area contributed by atoms with Gasteiger partial charge in [-0.2, -0.15) is 0 Å². The molecule has 2 heterocycles. The summed E-state index contributed by atoms with van der Waals surface area (Å²) in [4.78, 5) is 28.1. The van der Waals surface area contributed by atoms with Gasteiger partial charge in [-0.15, -0.1) is 11.3 Å². The van der Waals surface area contributed by atoms with E-state index < -0.39 is 5.97 Å². The predicted molar refractivity (Wildman–Crippen MR) is 105 cm³/mol. The normalized spacial score (nSPS) is 16.0. The fourth-order valence-electron chi connectivity index (χ4n) is 3.23. The second-order valence-corrected chi connectivity index (χ2v) is 7.41. The summed E-state index contributed by atoms with van der Waals surface area (Å²) in [5.74, 6) is -0.908. The van der Waals surface area contributed by atoms with Gasteiger partial charge in [-0.05, 0) is 74.0 Å². The number of esters is 1. The molecule has 0 saturated carbocycles. The van der Waals surface area contributed by atoms with Gasteiger partial charge in [-0.25, -0.2) is 4.79 Å². The quantitative estimate of drug-likeness (QED) is 0.454. The lowest BCUT2D eigenvalue weighted by Crippen LogP contribution is -2.18. The third kappa shape index (κ3) is 3.10. The lowest BCUT2D eigenvalue weighted by atomic mass is 10.1. The maximum Gasteiger partial charge on any atom is 0.343 e. The maximum atomic E-state index is 13.0. The Morgan fingerprint density at radius 1 is 1.12 bits per heavy atom. The molecule has 5 heteroatoms. The van der Waals surface area contributed by atoms with Crippen molar-refractivity contribution in [1.29, 1.82) is 0 Å². The van der Waals surface area contributed by atoms with Crippen LogP contribution in [0.25, 0.3) is 6.08 Å². The molecule has 1 aromatic carbocycles. The van der Waals surface area contributed by atoms with Crippen LogP contribution in [0.5, 0.6) is 0 Å². The molecular weight excluding hydrogens is 346 g/mol. The molecule has 1 aliphatic rings. The zero-order valence-corrected chi connectivity index (χ0v) is 16.4. The fourth-order valence-corrected chi connectivity index (χ4v) is 4.08. The highest BCUT2D eigenvalue weighted by atomic mass is 32.1. The summed E-state index contributed by atoms with van der Waals surface area (Å²) in [6.07, 6.45) is 1.86. The first-order valence-corrected chi connectivity index (χ1v) is 9.19. The first-order chi connectivity index (χ1) is 12.3. The Morgan fingerprint density at radius 2 is 1.77 bits per heavy atom. The highest BCUT2D eigenvalue weighted by molar-refractivity contribution is 7.11. The number of hydrogen-bond acceptors (Lipinski definition) is 5. The molecule has 26 heavy (non-hydrogen) atoms. The van der Waals surface area contributed by atoms with Gasteiger partial charge in [0, 0.05) is 16.3 Å². The van der Waals surface area contributed by atoms with Gasteiger partial charge in [-0.3, -0.25) is 4.79 Å². The van der Waals surface area contributed by atoms with Crippen LogP contribution in [0.2, 0.25) is 0 Å². The van der Waals surface area contributed by atoms with Crippen molar-refractivity contribution in [3.63, 3.8) is 0 Å². The highest BCUT2D eigenvalue weighted by Gasteiger charge is 2.38. The van der Waals surface area contributed by atoms with Crippen molar-refractivity contribution >= 4 is 34.9 Å². The van der Waals surface area contributed by atoms with E-state index in [1.165, 1.54) is 7.11 Å². The first-order valence-electron chi connectivity index (χ1n) is 8.31. The zero-order valence-electron chi connectivity index (χ0n) is 15.5. The van der Waals surface area contributed by atoms with Crippen LogP contribution in [0.4, 0.5) is 5.69 Å². The molecule has 3 rings (SSSR count). The second kappa shape index (κ2) is 6.92. The number of anilines is 1. The minimum atomic E-state index is -0.604. The topological polar surface area (TPSA) is 46.6 Å². The van der Waals surface area contributed by atoms with E-state index >= 15 is 0 Å². The van der Waals surface area contributed by atoms with E-state index in [9.17, 15) is 9.59 Å². The highest BCUT2D eigenvalue weighted by Crippen LogP contribution is 2.37. The molecular formula is C21H21NO3S. The molecule has 0 atom stereocenters. The van der Waals surface area contributed by atoms with Gasteiger partial charge in [-0.1, -0.05) is 6.07 Å². The smallest absolute Gasteiger partial charge is 0.343 e. The molecule has 1 aliphatic heterocycles. The summed E-state index contributed by atoms with van der Waals surface area (Å²) >= 11 is 1.57. The van der Waals surface area contributed by atoms with Crippen molar-refractivity contribution in [2.24, 2.45) is 0 Å². The minimum Gasteiger partial charge on any atom is -0.465 e. The summed E-state index contributed by atoms with van der Waals surface area (Å²) < 4.78 is 4.84. The van der Waals surface area contributed by atoms with Crippen molar-refractivity contribution in [3.8, 4) is 0 Å². The summed E-state index contributed by atoms with van der Waals surface area (Å²) in [7, 11) is 1.29. The Morgan fingerprint density at radius 3 is 2.31 bits per heavy atom. The Labute approximate surface area is 157 Å². The number of ketones is 1. The van der Waals surface area contributed by atoms with E-state index in [4.69, 9.17) is 4.74 Å². The van der Waals surface area contributed by atoms with Crippen molar-refractivity contribution in [2.75, 3.05) is 12.0 Å². The number of nitrogens with zero attached hydrogens (tertiary/aromatic N) is 1. The minimum absolute atomic E-state index is 0.0899. The van der Waals surface area contributed by atoms with E-state index in [1.807, 2.05) is 55.3 Å². The molecule has 0 unspecified atom stereocenters. The van der Waals surface area contributed by atoms with Gasteiger partial charge in [0.15, 0.2) is 0 Å². The lowest BCUT2D eigenvalue weighted by molar-refractivity contribution is -0.137. The van der Waals surface area contributed by atoms with Gasteiger partial charge in [0.2, 0.25) is 5.78 Å². The van der Waals surface area contributed by atoms with Crippen molar-refractivity contribution in [1.82, 2.24) is 0 Å². The molecule has 0 amide bonds. The van der Waals surface area contributed by atoms with Gasteiger partial charge in [0.25, 0.3) is 0 Å². The van der Waals surface area contributed by atoms with Gasteiger partial charge in [0.05, 0.1) is 12.8 Å². The monoisotopic (exact) mass is 367 g/mol. The summed E-state index contributed by atoms with van der Waals surface area (Å²) in [5, 5.41) is 1.99. The predicted octanol–water partition coefficient (Wildman–Crippen LogP) is 4.55. The molecule has 0 radical (unpaired) electrons.